The van der Waals surface area contributed by atoms with Crippen LogP contribution in [0.4, 0.5) is 4.39 Å². The van der Waals surface area contributed by atoms with Gasteiger partial charge in [0.15, 0.2) is 18.1 Å². The molecule has 0 spiro atoms. The summed E-state index contributed by atoms with van der Waals surface area (Å²) in [6, 6.07) is 10.0. The van der Waals surface area contributed by atoms with Crippen LogP contribution in [0.25, 0.3) is 0 Å². The minimum Gasteiger partial charge on any atom is -0.504 e. The van der Waals surface area contributed by atoms with Crippen LogP contribution in [0, 0.1) is 5.82 Å². The summed E-state index contributed by atoms with van der Waals surface area (Å²) in [5.74, 6) is -0.149. The summed E-state index contributed by atoms with van der Waals surface area (Å²) in [5.41, 5.74) is 2.87. The number of amides is 1. The van der Waals surface area contributed by atoms with E-state index in [1.165, 1.54) is 43.7 Å². The van der Waals surface area contributed by atoms with Gasteiger partial charge in [0.25, 0.3) is 5.91 Å². The third-order valence-electron chi connectivity index (χ3n) is 2.79. The lowest BCUT2D eigenvalue weighted by Gasteiger charge is -2.05. The molecule has 0 heterocycles. The number of rotatable bonds is 6. The first-order valence-electron chi connectivity index (χ1n) is 6.66. The van der Waals surface area contributed by atoms with Crippen LogP contribution in [-0.2, 0) is 4.79 Å². The van der Waals surface area contributed by atoms with Crippen LogP contribution in [0.2, 0.25) is 0 Å². The highest BCUT2D eigenvalue weighted by Crippen LogP contribution is 2.25. The zero-order valence-electron chi connectivity index (χ0n) is 12.3. The topological polar surface area (TPSA) is 80.2 Å². The van der Waals surface area contributed by atoms with Gasteiger partial charge in [-0.1, -0.05) is 0 Å². The molecule has 1 amide bonds. The molecule has 0 aliphatic carbocycles. The van der Waals surface area contributed by atoms with Crippen LogP contribution < -0.4 is 14.9 Å². The molecule has 23 heavy (non-hydrogen) atoms. The number of nitrogens with zero attached hydrogens (tertiary/aromatic N) is 1. The minimum atomic E-state index is -0.469. The zero-order valence-corrected chi connectivity index (χ0v) is 12.3. The van der Waals surface area contributed by atoms with E-state index in [-0.39, 0.29) is 18.2 Å². The quantitative estimate of drug-likeness (QED) is 0.631. The molecule has 0 aromatic heterocycles. The van der Waals surface area contributed by atoms with E-state index < -0.39 is 5.91 Å². The predicted molar refractivity (Wildman–Crippen MR) is 82.3 cm³/mol. The molecule has 0 bridgehead atoms. The predicted octanol–water partition coefficient (Wildman–Crippen LogP) is 2.07. The first kappa shape index (κ1) is 16.3. The number of halogens is 1. The molecule has 2 aromatic rings. The number of phenolic OH excluding ortho intramolecular Hbond substituents is 1. The Bertz CT molecular complexity index is 702. The lowest BCUT2D eigenvalue weighted by atomic mass is 10.2. The summed E-state index contributed by atoms with van der Waals surface area (Å²) in [5, 5.41) is 13.4. The number of hydrazone groups is 1. The second-order valence-electron chi connectivity index (χ2n) is 4.47. The van der Waals surface area contributed by atoms with Gasteiger partial charge < -0.3 is 14.6 Å². The zero-order chi connectivity index (χ0) is 16.7. The highest BCUT2D eigenvalue weighted by Gasteiger charge is 2.03. The van der Waals surface area contributed by atoms with E-state index in [1.807, 2.05) is 0 Å². The van der Waals surface area contributed by atoms with Crippen molar-refractivity contribution in [1.29, 1.82) is 0 Å². The van der Waals surface area contributed by atoms with E-state index in [0.29, 0.717) is 17.1 Å². The Morgan fingerprint density at radius 2 is 2.04 bits per heavy atom. The fraction of sp³-hybridized carbons (Fsp3) is 0.125. The number of hydrogen-bond acceptors (Lipinski definition) is 5. The van der Waals surface area contributed by atoms with Crippen molar-refractivity contribution in [3.05, 3.63) is 53.8 Å². The molecule has 2 N–H and O–H groups in total. The van der Waals surface area contributed by atoms with Crippen molar-refractivity contribution >= 4 is 12.1 Å². The van der Waals surface area contributed by atoms with E-state index in [4.69, 9.17) is 9.47 Å². The lowest BCUT2D eigenvalue weighted by Crippen LogP contribution is -2.24. The maximum atomic E-state index is 12.7. The van der Waals surface area contributed by atoms with Crippen LogP contribution in [-0.4, -0.2) is 30.9 Å². The molecule has 2 aromatic carbocycles. The number of nitrogens with one attached hydrogen (secondary N) is 1. The van der Waals surface area contributed by atoms with Gasteiger partial charge in [-0.25, -0.2) is 9.82 Å². The van der Waals surface area contributed by atoms with Gasteiger partial charge in [-0.05, 0) is 48.0 Å². The normalized spacial score (nSPS) is 10.5. The average molecular weight is 318 g/mol. The smallest absolute Gasteiger partial charge is 0.277 e. The largest absolute Gasteiger partial charge is 0.504 e. The molecule has 2 rings (SSSR count). The Hall–Kier alpha value is -3.09. The molecule has 0 aliphatic rings. The Labute approximate surface area is 132 Å². The monoisotopic (exact) mass is 318 g/mol. The van der Waals surface area contributed by atoms with Gasteiger partial charge in [0.1, 0.15) is 11.6 Å². The van der Waals surface area contributed by atoms with Crippen molar-refractivity contribution in [3.63, 3.8) is 0 Å². The van der Waals surface area contributed by atoms with Gasteiger partial charge in [0.2, 0.25) is 0 Å². The molecule has 0 unspecified atom stereocenters. The first-order valence-corrected chi connectivity index (χ1v) is 6.66. The number of phenols is 1. The van der Waals surface area contributed by atoms with E-state index in [9.17, 15) is 14.3 Å². The molecule has 0 atom stereocenters. The number of carbonyl (C=O) groups excluding carboxylic acids is 1. The molecule has 0 aliphatic heterocycles. The maximum absolute atomic E-state index is 12.7. The number of benzene rings is 2. The fourth-order valence-corrected chi connectivity index (χ4v) is 1.68. The number of methoxy groups -OCH3 is 1. The van der Waals surface area contributed by atoms with Crippen molar-refractivity contribution < 1.29 is 23.8 Å². The first-order chi connectivity index (χ1) is 11.1. The second-order valence-corrected chi connectivity index (χ2v) is 4.47. The van der Waals surface area contributed by atoms with Crippen LogP contribution in [0.1, 0.15) is 5.56 Å². The summed E-state index contributed by atoms with van der Waals surface area (Å²) in [4.78, 5) is 11.5. The molecule has 0 saturated heterocycles. The Morgan fingerprint density at radius 3 is 2.70 bits per heavy atom. The van der Waals surface area contributed by atoms with Gasteiger partial charge in [-0.2, -0.15) is 5.10 Å². The Balaban J connectivity index is 1.81. The molecule has 7 heteroatoms. The summed E-state index contributed by atoms with van der Waals surface area (Å²) in [7, 11) is 1.45. The average Bonchev–Trinajstić information content (AvgIpc) is 2.54. The van der Waals surface area contributed by atoms with Gasteiger partial charge in [-0.15, -0.1) is 0 Å². The molecule has 0 fully saturated rings. The third-order valence-corrected chi connectivity index (χ3v) is 2.79. The minimum absolute atomic E-state index is 0.0255. The van der Waals surface area contributed by atoms with E-state index in [0.717, 1.165) is 0 Å². The van der Waals surface area contributed by atoms with Gasteiger partial charge in [0, 0.05) is 0 Å². The van der Waals surface area contributed by atoms with E-state index in [2.05, 4.69) is 10.5 Å². The van der Waals surface area contributed by atoms with Crippen LogP contribution in [0.3, 0.4) is 0 Å². The fourth-order valence-electron chi connectivity index (χ4n) is 1.68. The summed E-state index contributed by atoms with van der Waals surface area (Å²) in [6.07, 6.45) is 1.37. The van der Waals surface area contributed by atoms with Gasteiger partial charge >= 0.3 is 0 Å². The molecule has 120 valence electrons. The second kappa shape index (κ2) is 7.79. The Morgan fingerprint density at radius 1 is 1.30 bits per heavy atom. The van der Waals surface area contributed by atoms with Gasteiger partial charge in [-0.3, -0.25) is 4.79 Å². The Kier molecular flexibility index (Phi) is 5.51. The van der Waals surface area contributed by atoms with Crippen molar-refractivity contribution in [1.82, 2.24) is 5.43 Å². The maximum Gasteiger partial charge on any atom is 0.277 e. The SMILES string of the molecule is COc1ccc(/C=N\NC(=O)COc2ccc(F)cc2)cc1O. The van der Waals surface area contributed by atoms with Gasteiger partial charge in [0.05, 0.1) is 13.3 Å². The summed E-state index contributed by atoms with van der Waals surface area (Å²) in [6.45, 7) is -0.253. The number of hydrogen-bond donors (Lipinski definition) is 2. The number of ether oxygens (including phenoxy) is 2. The van der Waals surface area contributed by atoms with Crippen LogP contribution >= 0.6 is 0 Å². The van der Waals surface area contributed by atoms with E-state index >= 15 is 0 Å². The molecular formula is C16H15FN2O4. The van der Waals surface area contributed by atoms with Crippen molar-refractivity contribution in [3.8, 4) is 17.2 Å². The molecule has 6 nitrogen and oxygen atoms in total. The highest BCUT2D eigenvalue weighted by molar-refractivity contribution is 5.83. The highest BCUT2D eigenvalue weighted by atomic mass is 19.1. The van der Waals surface area contributed by atoms with E-state index in [1.54, 1.807) is 12.1 Å². The lowest BCUT2D eigenvalue weighted by molar-refractivity contribution is -0.123. The van der Waals surface area contributed by atoms with Crippen molar-refractivity contribution in [2.24, 2.45) is 5.10 Å². The standard InChI is InChI=1S/C16H15FN2O4/c1-22-15-7-2-11(8-14(15)20)9-18-19-16(21)10-23-13-5-3-12(17)4-6-13/h2-9,20H,10H2,1H3,(H,19,21)/b18-9-. The van der Waals surface area contributed by atoms with Crippen molar-refractivity contribution in [2.75, 3.05) is 13.7 Å². The summed E-state index contributed by atoms with van der Waals surface area (Å²) < 4.78 is 22.8. The number of aromatic hydroxyl groups is 1. The molecule has 0 radical (unpaired) electrons. The van der Waals surface area contributed by atoms with Crippen LogP contribution in [0.15, 0.2) is 47.6 Å². The van der Waals surface area contributed by atoms with Crippen molar-refractivity contribution in [2.45, 2.75) is 0 Å². The summed E-state index contributed by atoms with van der Waals surface area (Å²) >= 11 is 0. The third kappa shape index (κ3) is 4.99. The number of carbonyl (C=O) groups is 1. The van der Waals surface area contributed by atoms with Crippen LogP contribution in [0.5, 0.6) is 17.2 Å². The molecular weight excluding hydrogens is 303 g/mol. The molecule has 0 saturated carbocycles.